The lowest BCUT2D eigenvalue weighted by Crippen LogP contribution is -2.40. The first-order chi connectivity index (χ1) is 12.0. The van der Waals surface area contributed by atoms with Crippen LogP contribution in [0.15, 0.2) is 24.3 Å². The predicted molar refractivity (Wildman–Crippen MR) is 90.2 cm³/mol. The van der Waals surface area contributed by atoms with Crippen LogP contribution < -0.4 is 4.90 Å². The van der Waals surface area contributed by atoms with Crippen LogP contribution in [0.5, 0.6) is 0 Å². The molecule has 1 saturated heterocycles. The van der Waals surface area contributed by atoms with Gasteiger partial charge in [0.15, 0.2) is 11.5 Å². The first-order valence-electron chi connectivity index (χ1n) is 8.24. The maximum Gasteiger partial charge on any atom is 0.360 e. The molecular weight excluding hydrogens is 326 g/mol. The fourth-order valence-electron chi connectivity index (χ4n) is 3.23. The molecule has 2 aromatic rings. The third kappa shape index (κ3) is 3.17. The third-order valence-corrected chi connectivity index (χ3v) is 4.46. The Balaban J connectivity index is 2.10. The van der Waals surface area contributed by atoms with E-state index in [-0.39, 0.29) is 28.9 Å². The molecule has 1 unspecified atom stereocenters. The van der Waals surface area contributed by atoms with Crippen molar-refractivity contribution in [3.63, 3.8) is 0 Å². The molecule has 2 heterocycles. The average Bonchev–Trinajstić information content (AvgIpc) is 3.07. The maximum absolute atomic E-state index is 11.6. The van der Waals surface area contributed by atoms with Crippen molar-refractivity contribution in [3.8, 4) is 5.69 Å². The molecule has 3 rings (SSSR count). The third-order valence-electron chi connectivity index (χ3n) is 4.46. The summed E-state index contributed by atoms with van der Waals surface area (Å²) >= 11 is 0. The Morgan fingerprint density at radius 1 is 1.36 bits per heavy atom. The Kier molecular flexibility index (Phi) is 4.64. The fraction of sp³-hybridized carbons (Fsp3) is 0.438. The summed E-state index contributed by atoms with van der Waals surface area (Å²) in [5.41, 5.74) is -0.212. The van der Waals surface area contributed by atoms with Crippen LogP contribution in [0.2, 0.25) is 0 Å². The molecule has 1 N–H and O–H groups in total. The number of carboxylic acids is 1. The van der Waals surface area contributed by atoms with Gasteiger partial charge in [0.2, 0.25) is 5.69 Å². The van der Waals surface area contributed by atoms with Crippen molar-refractivity contribution in [2.45, 2.75) is 38.6 Å². The van der Waals surface area contributed by atoms with Crippen LogP contribution in [-0.2, 0) is 0 Å². The molecule has 9 heteroatoms. The number of carbonyl (C=O) groups is 1. The number of piperidine rings is 1. The fourth-order valence-corrected chi connectivity index (χ4v) is 3.23. The number of nitro groups is 1. The van der Waals surface area contributed by atoms with Gasteiger partial charge in [0, 0.05) is 18.7 Å². The van der Waals surface area contributed by atoms with Gasteiger partial charge in [-0.05, 0) is 31.7 Å². The number of hydrogen-bond donors (Lipinski definition) is 1. The number of anilines is 1. The zero-order valence-electron chi connectivity index (χ0n) is 13.8. The van der Waals surface area contributed by atoms with Crippen molar-refractivity contribution in [3.05, 3.63) is 40.1 Å². The van der Waals surface area contributed by atoms with Crippen molar-refractivity contribution in [2.24, 2.45) is 0 Å². The number of aromatic carboxylic acids is 1. The highest BCUT2D eigenvalue weighted by Gasteiger charge is 2.30. The van der Waals surface area contributed by atoms with Gasteiger partial charge in [-0.15, -0.1) is 15.0 Å². The minimum absolute atomic E-state index is 0.145. The predicted octanol–water partition coefficient (Wildman–Crippen LogP) is 2.64. The van der Waals surface area contributed by atoms with Crippen molar-refractivity contribution in [2.75, 3.05) is 11.4 Å². The van der Waals surface area contributed by atoms with Crippen LogP contribution in [0.1, 0.15) is 43.1 Å². The summed E-state index contributed by atoms with van der Waals surface area (Å²) in [6, 6.07) is 6.21. The molecular formula is C16H19N5O4. The van der Waals surface area contributed by atoms with E-state index in [4.69, 9.17) is 0 Å². The molecule has 0 radical (unpaired) electrons. The van der Waals surface area contributed by atoms with Gasteiger partial charge in [-0.25, -0.2) is 4.79 Å². The number of hydrogen-bond acceptors (Lipinski definition) is 6. The monoisotopic (exact) mass is 345 g/mol. The topological polar surface area (TPSA) is 114 Å². The second kappa shape index (κ2) is 6.88. The average molecular weight is 345 g/mol. The first-order valence-corrected chi connectivity index (χ1v) is 8.24. The lowest BCUT2D eigenvalue weighted by Gasteiger charge is -2.35. The lowest BCUT2D eigenvalue weighted by molar-refractivity contribution is -0.384. The molecule has 0 aliphatic carbocycles. The van der Waals surface area contributed by atoms with E-state index in [0.29, 0.717) is 6.54 Å². The van der Waals surface area contributed by atoms with Crippen LogP contribution >= 0.6 is 0 Å². The summed E-state index contributed by atoms with van der Waals surface area (Å²) in [6.07, 6.45) is 3.88. The van der Waals surface area contributed by atoms with E-state index in [0.717, 1.165) is 30.5 Å². The minimum atomic E-state index is -1.19. The minimum Gasteiger partial charge on any atom is -0.476 e. The van der Waals surface area contributed by atoms with Crippen molar-refractivity contribution < 1.29 is 14.8 Å². The molecule has 1 aliphatic rings. The molecule has 132 valence electrons. The van der Waals surface area contributed by atoms with E-state index < -0.39 is 10.9 Å². The van der Waals surface area contributed by atoms with E-state index in [1.54, 1.807) is 12.1 Å². The number of para-hydroxylation sites is 2. The normalized spacial score (nSPS) is 17.5. The van der Waals surface area contributed by atoms with Crippen LogP contribution in [0.25, 0.3) is 5.69 Å². The van der Waals surface area contributed by atoms with Crippen LogP contribution in [0, 0.1) is 10.1 Å². The van der Waals surface area contributed by atoms with E-state index in [2.05, 4.69) is 17.1 Å². The zero-order valence-corrected chi connectivity index (χ0v) is 13.8. The van der Waals surface area contributed by atoms with Gasteiger partial charge < -0.3 is 10.0 Å². The molecule has 25 heavy (non-hydrogen) atoms. The molecule has 1 fully saturated rings. The second-order valence-corrected chi connectivity index (χ2v) is 5.96. The lowest BCUT2D eigenvalue weighted by atomic mass is 10.00. The number of aromatic nitrogens is 3. The highest BCUT2D eigenvalue weighted by molar-refractivity contribution is 5.91. The molecule has 0 saturated carbocycles. The number of carboxylic acid groups (broad SMARTS) is 1. The second-order valence-electron chi connectivity index (χ2n) is 5.96. The van der Waals surface area contributed by atoms with E-state index in [1.807, 2.05) is 4.90 Å². The van der Waals surface area contributed by atoms with Crippen molar-refractivity contribution in [1.29, 1.82) is 0 Å². The molecule has 0 spiro atoms. The zero-order chi connectivity index (χ0) is 18.0. The summed E-state index contributed by atoms with van der Waals surface area (Å²) in [5.74, 6) is -0.919. The summed E-state index contributed by atoms with van der Waals surface area (Å²) in [7, 11) is 0. The van der Waals surface area contributed by atoms with E-state index in [9.17, 15) is 20.0 Å². The van der Waals surface area contributed by atoms with Crippen LogP contribution in [0.3, 0.4) is 0 Å². The van der Waals surface area contributed by atoms with Crippen molar-refractivity contribution >= 4 is 17.5 Å². The van der Waals surface area contributed by atoms with E-state index in [1.165, 1.54) is 12.1 Å². The Morgan fingerprint density at radius 2 is 2.12 bits per heavy atom. The number of rotatable bonds is 5. The molecule has 1 aliphatic heterocycles. The van der Waals surface area contributed by atoms with E-state index >= 15 is 0 Å². The first kappa shape index (κ1) is 16.9. The highest BCUT2D eigenvalue weighted by atomic mass is 16.6. The molecule has 1 aromatic heterocycles. The Bertz CT molecular complexity index is 804. The van der Waals surface area contributed by atoms with Crippen LogP contribution in [0.4, 0.5) is 11.5 Å². The quantitative estimate of drug-likeness (QED) is 0.654. The number of benzene rings is 1. The standard InChI is InChI=1S/C16H19N5O4/c1-2-11-7-5-6-10-19(11)15-14(16(22)23)17-20(18-15)12-8-3-4-9-13(12)21(24)25/h3-4,8-9,11H,2,5-7,10H2,1H3,(H,22,23). The van der Waals surface area contributed by atoms with Gasteiger partial charge in [-0.3, -0.25) is 10.1 Å². The van der Waals surface area contributed by atoms with Crippen molar-refractivity contribution in [1.82, 2.24) is 15.0 Å². The Morgan fingerprint density at radius 3 is 2.80 bits per heavy atom. The SMILES string of the molecule is CCC1CCCCN1c1nn(-c2ccccc2[N+](=O)[O-])nc1C(=O)O. The maximum atomic E-state index is 11.6. The summed E-state index contributed by atoms with van der Waals surface area (Å²) in [5, 5.41) is 29.1. The Labute approximate surface area is 144 Å². The van der Waals surface area contributed by atoms with Gasteiger partial charge in [-0.2, -0.15) is 0 Å². The number of nitro benzene ring substituents is 1. The van der Waals surface area contributed by atoms with Gasteiger partial charge in [0.1, 0.15) is 0 Å². The van der Waals surface area contributed by atoms with Gasteiger partial charge >= 0.3 is 5.97 Å². The molecule has 0 amide bonds. The largest absolute Gasteiger partial charge is 0.476 e. The van der Waals surface area contributed by atoms with Gasteiger partial charge in [0.05, 0.1) is 4.92 Å². The summed E-state index contributed by atoms with van der Waals surface area (Å²) in [4.78, 5) is 25.4. The van der Waals surface area contributed by atoms with Crippen LogP contribution in [-0.4, -0.2) is 43.6 Å². The Hall–Kier alpha value is -2.97. The molecule has 1 atom stereocenters. The van der Waals surface area contributed by atoms with Gasteiger partial charge in [0.25, 0.3) is 5.69 Å². The summed E-state index contributed by atoms with van der Waals surface area (Å²) < 4.78 is 0. The molecule has 9 nitrogen and oxygen atoms in total. The number of nitrogens with zero attached hydrogens (tertiary/aromatic N) is 5. The smallest absolute Gasteiger partial charge is 0.360 e. The van der Waals surface area contributed by atoms with Gasteiger partial charge in [-0.1, -0.05) is 19.1 Å². The molecule has 0 bridgehead atoms. The molecule has 1 aromatic carbocycles. The highest BCUT2D eigenvalue weighted by Crippen LogP contribution is 2.29. The summed E-state index contributed by atoms with van der Waals surface area (Å²) in [6.45, 7) is 2.75.